The van der Waals surface area contributed by atoms with E-state index in [1.54, 1.807) is 0 Å². The molecule has 2 heteroatoms. The van der Waals surface area contributed by atoms with E-state index in [0.717, 1.165) is 13.0 Å². The van der Waals surface area contributed by atoms with Crippen molar-refractivity contribution >= 4 is 6.21 Å². The molecule has 0 fully saturated rings. The van der Waals surface area contributed by atoms with Crippen LogP contribution in [0.5, 0.6) is 0 Å². The molecule has 10 heavy (non-hydrogen) atoms. The molecule has 0 aromatic rings. The van der Waals surface area contributed by atoms with Crippen LogP contribution in [0.2, 0.25) is 0 Å². The number of nitrogens with one attached hydrogen (secondary N) is 1. The quantitative estimate of drug-likeness (QED) is 0.549. The summed E-state index contributed by atoms with van der Waals surface area (Å²) in [6.07, 6.45) is 3.03. The molecule has 0 saturated carbocycles. The van der Waals surface area contributed by atoms with Crippen molar-refractivity contribution in [1.29, 1.82) is 0 Å². The van der Waals surface area contributed by atoms with Gasteiger partial charge in [-0.3, -0.25) is 0 Å². The van der Waals surface area contributed by atoms with E-state index in [9.17, 15) is 0 Å². The highest BCUT2D eigenvalue weighted by Crippen LogP contribution is 2.18. The van der Waals surface area contributed by atoms with Crippen molar-refractivity contribution in [2.45, 2.75) is 34.1 Å². The van der Waals surface area contributed by atoms with Crippen molar-refractivity contribution < 1.29 is 0 Å². The SMILES string of the molecule is CC.CC1(C)CC=NNC1. The molecule has 1 rings (SSSR count). The second-order valence-corrected chi connectivity index (χ2v) is 3.01. The molecule has 2 nitrogen and oxygen atoms in total. The van der Waals surface area contributed by atoms with Crippen molar-refractivity contribution in [3.63, 3.8) is 0 Å². The first kappa shape index (κ1) is 9.47. The zero-order valence-corrected chi connectivity index (χ0v) is 7.44. The largest absolute Gasteiger partial charge is 0.310 e. The predicted molar refractivity (Wildman–Crippen MR) is 46.2 cm³/mol. The molecule has 0 bridgehead atoms. The second kappa shape index (κ2) is 4.31. The summed E-state index contributed by atoms with van der Waals surface area (Å²) in [4.78, 5) is 0. The molecule has 0 amide bonds. The highest BCUT2D eigenvalue weighted by atomic mass is 15.3. The maximum atomic E-state index is 3.90. The first-order valence-corrected chi connectivity index (χ1v) is 3.95. The minimum Gasteiger partial charge on any atom is -0.310 e. The average molecular weight is 142 g/mol. The minimum absolute atomic E-state index is 0.418. The van der Waals surface area contributed by atoms with Gasteiger partial charge in [-0.15, -0.1) is 0 Å². The third kappa shape index (κ3) is 3.49. The number of hydrogen-bond donors (Lipinski definition) is 1. The lowest BCUT2D eigenvalue weighted by atomic mass is 9.90. The summed E-state index contributed by atoms with van der Waals surface area (Å²) in [6, 6.07) is 0. The summed E-state index contributed by atoms with van der Waals surface area (Å²) in [5, 5.41) is 3.90. The number of nitrogens with zero attached hydrogens (tertiary/aromatic N) is 1. The standard InChI is InChI=1S/C6H12N2.C2H6/c1-6(2)3-4-7-8-5-6;1-2/h4,8H,3,5H2,1-2H3;1-2H3. The van der Waals surface area contributed by atoms with Gasteiger partial charge in [0.25, 0.3) is 0 Å². The number of hydrazone groups is 1. The Morgan fingerprint density at radius 2 is 2.00 bits per heavy atom. The lowest BCUT2D eigenvalue weighted by molar-refractivity contribution is 0.346. The van der Waals surface area contributed by atoms with Gasteiger partial charge in [0, 0.05) is 12.8 Å². The van der Waals surface area contributed by atoms with E-state index < -0.39 is 0 Å². The van der Waals surface area contributed by atoms with Crippen molar-refractivity contribution in [2.24, 2.45) is 10.5 Å². The van der Waals surface area contributed by atoms with Crippen LogP contribution in [0, 0.1) is 5.41 Å². The van der Waals surface area contributed by atoms with Crippen LogP contribution >= 0.6 is 0 Å². The topological polar surface area (TPSA) is 24.4 Å². The van der Waals surface area contributed by atoms with Gasteiger partial charge in [-0.2, -0.15) is 5.10 Å². The summed E-state index contributed by atoms with van der Waals surface area (Å²) < 4.78 is 0. The molecule has 1 heterocycles. The van der Waals surface area contributed by atoms with E-state index in [-0.39, 0.29) is 0 Å². The van der Waals surface area contributed by atoms with Crippen LogP contribution in [0.25, 0.3) is 0 Å². The molecule has 1 aliphatic rings. The molecule has 0 aliphatic carbocycles. The van der Waals surface area contributed by atoms with E-state index in [4.69, 9.17) is 0 Å². The van der Waals surface area contributed by atoms with Gasteiger partial charge < -0.3 is 5.43 Å². The summed E-state index contributed by atoms with van der Waals surface area (Å²) in [5.41, 5.74) is 3.36. The fraction of sp³-hybridized carbons (Fsp3) is 0.875. The molecule has 0 aromatic heterocycles. The molecular formula is C8H18N2. The van der Waals surface area contributed by atoms with Crippen LogP contribution < -0.4 is 5.43 Å². The fourth-order valence-corrected chi connectivity index (χ4v) is 0.689. The molecule has 1 N–H and O–H groups in total. The Hall–Kier alpha value is -0.530. The number of hydrogen-bond acceptors (Lipinski definition) is 2. The zero-order valence-electron chi connectivity index (χ0n) is 7.44. The predicted octanol–water partition coefficient (Wildman–Crippen LogP) is 2.02. The molecule has 0 spiro atoms. The van der Waals surface area contributed by atoms with Gasteiger partial charge in [-0.1, -0.05) is 27.7 Å². The summed E-state index contributed by atoms with van der Waals surface area (Å²) in [6.45, 7) is 9.46. The third-order valence-electron chi connectivity index (χ3n) is 1.38. The van der Waals surface area contributed by atoms with E-state index in [2.05, 4.69) is 24.4 Å². The molecule has 0 saturated heterocycles. The average Bonchev–Trinajstić information content (AvgIpc) is 1.92. The maximum Gasteiger partial charge on any atom is 0.0384 e. The van der Waals surface area contributed by atoms with E-state index in [1.165, 1.54) is 0 Å². The Labute approximate surface area is 63.7 Å². The van der Waals surface area contributed by atoms with Crippen LogP contribution in [-0.4, -0.2) is 12.8 Å². The summed E-state index contributed by atoms with van der Waals surface area (Å²) >= 11 is 0. The molecule has 0 aromatic carbocycles. The lowest BCUT2D eigenvalue weighted by Crippen LogP contribution is -2.30. The summed E-state index contributed by atoms with van der Waals surface area (Å²) in [5.74, 6) is 0. The highest BCUT2D eigenvalue weighted by molar-refractivity contribution is 5.58. The molecule has 0 atom stereocenters. The van der Waals surface area contributed by atoms with Crippen LogP contribution in [-0.2, 0) is 0 Å². The highest BCUT2D eigenvalue weighted by Gasteiger charge is 2.17. The van der Waals surface area contributed by atoms with Gasteiger partial charge in [0.05, 0.1) is 0 Å². The van der Waals surface area contributed by atoms with Gasteiger partial charge >= 0.3 is 0 Å². The van der Waals surface area contributed by atoms with E-state index in [1.807, 2.05) is 20.1 Å². The van der Waals surface area contributed by atoms with Crippen LogP contribution in [0.15, 0.2) is 5.10 Å². The van der Waals surface area contributed by atoms with Crippen molar-refractivity contribution in [1.82, 2.24) is 5.43 Å². The Bertz CT molecular complexity index is 106. The first-order chi connectivity index (χ1) is 4.71. The minimum atomic E-state index is 0.418. The molecule has 1 aliphatic heterocycles. The summed E-state index contributed by atoms with van der Waals surface area (Å²) in [7, 11) is 0. The van der Waals surface area contributed by atoms with Gasteiger partial charge in [0.1, 0.15) is 0 Å². The van der Waals surface area contributed by atoms with Crippen LogP contribution in [0.4, 0.5) is 0 Å². The van der Waals surface area contributed by atoms with Gasteiger partial charge in [-0.25, -0.2) is 0 Å². The Morgan fingerprint density at radius 1 is 1.40 bits per heavy atom. The molecule has 0 unspecified atom stereocenters. The lowest BCUT2D eigenvalue weighted by Gasteiger charge is -2.24. The normalized spacial score (nSPS) is 20.4. The van der Waals surface area contributed by atoms with Gasteiger partial charge in [-0.05, 0) is 11.8 Å². The number of rotatable bonds is 0. The zero-order chi connectivity index (χ0) is 8.04. The smallest absolute Gasteiger partial charge is 0.0384 e. The van der Waals surface area contributed by atoms with Crippen LogP contribution in [0.1, 0.15) is 34.1 Å². The Kier molecular flexibility index (Phi) is 4.08. The fourth-order valence-electron chi connectivity index (χ4n) is 0.689. The molecule has 60 valence electrons. The van der Waals surface area contributed by atoms with E-state index >= 15 is 0 Å². The van der Waals surface area contributed by atoms with Crippen molar-refractivity contribution in [3.05, 3.63) is 0 Å². The van der Waals surface area contributed by atoms with Crippen molar-refractivity contribution in [3.8, 4) is 0 Å². The second-order valence-electron chi connectivity index (χ2n) is 3.01. The van der Waals surface area contributed by atoms with Gasteiger partial charge in [0.2, 0.25) is 0 Å². The Balaban J connectivity index is 0.000000371. The molecule has 0 radical (unpaired) electrons. The Morgan fingerprint density at radius 3 is 2.20 bits per heavy atom. The third-order valence-corrected chi connectivity index (χ3v) is 1.38. The monoisotopic (exact) mass is 142 g/mol. The maximum absolute atomic E-state index is 3.90. The van der Waals surface area contributed by atoms with Gasteiger partial charge in [0.15, 0.2) is 0 Å². The first-order valence-electron chi connectivity index (χ1n) is 3.95. The van der Waals surface area contributed by atoms with E-state index in [0.29, 0.717) is 5.41 Å². The molecular weight excluding hydrogens is 124 g/mol. The van der Waals surface area contributed by atoms with Crippen LogP contribution in [0.3, 0.4) is 0 Å². The van der Waals surface area contributed by atoms with Crippen molar-refractivity contribution in [2.75, 3.05) is 6.54 Å².